The molecule has 2 rings (SSSR count). The SMILES string of the molecule is NC(=O)c1cc(=O)[nH]nc1-c1ccccc1. The number of hydrogen-bond donors (Lipinski definition) is 2. The van der Waals surface area contributed by atoms with Crippen molar-refractivity contribution >= 4 is 5.91 Å². The van der Waals surface area contributed by atoms with Crippen LogP contribution < -0.4 is 11.3 Å². The van der Waals surface area contributed by atoms with Crippen molar-refractivity contribution in [3.05, 3.63) is 52.3 Å². The molecule has 0 fully saturated rings. The van der Waals surface area contributed by atoms with E-state index in [0.717, 1.165) is 11.6 Å². The minimum atomic E-state index is -0.669. The second-order valence-electron chi connectivity index (χ2n) is 3.22. The maximum atomic E-state index is 11.2. The van der Waals surface area contributed by atoms with Gasteiger partial charge in [-0.2, -0.15) is 5.10 Å². The lowest BCUT2D eigenvalue weighted by Gasteiger charge is -2.03. The highest BCUT2D eigenvalue weighted by Gasteiger charge is 2.11. The first-order valence-corrected chi connectivity index (χ1v) is 4.63. The summed E-state index contributed by atoms with van der Waals surface area (Å²) in [5, 5.41) is 6.11. The Labute approximate surface area is 90.9 Å². The Morgan fingerprint density at radius 1 is 1.25 bits per heavy atom. The van der Waals surface area contributed by atoms with E-state index in [9.17, 15) is 9.59 Å². The van der Waals surface area contributed by atoms with Crippen LogP contribution in [0.3, 0.4) is 0 Å². The zero-order valence-corrected chi connectivity index (χ0v) is 8.31. The monoisotopic (exact) mass is 215 g/mol. The van der Waals surface area contributed by atoms with Crippen LogP contribution in [0.5, 0.6) is 0 Å². The van der Waals surface area contributed by atoms with Gasteiger partial charge in [0.25, 0.3) is 11.5 Å². The van der Waals surface area contributed by atoms with Crippen LogP contribution in [0.25, 0.3) is 11.3 Å². The van der Waals surface area contributed by atoms with Crippen molar-refractivity contribution in [2.24, 2.45) is 5.73 Å². The first-order valence-electron chi connectivity index (χ1n) is 4.63. The fraction of sp³-hybridized carbons (Fsp3) is 0. The van der Waals surface area contributed by atoms with E-state index in [2.05, 4.69) is 10.2 Å². The van der Waals surface area contributed by atoms with Crippen LogP contribution in [0.4, 0.5) is 0 Å². The zero-order chi connectivity index (χ0) is 11.5. The summed E-state index contributed by atoms with van der Waals surface area (Å²) in [5.74, 6) is -0.669. The normalized spacial score (nSPS) is 10.0. The number of nitrogens with one attached hydrogen (secondary N) is 1. The Morgan fingerprint density at radius 3 is 2.56 bits per heavy atom. The fourth-order valence-electron chi connectivity index (χ4n) is 1.41. The van der Waals surface area contributed by atoms with Gasteiger partial charge in [-0.1, -0.05) is 30.3 Å². The number of amides is 1. The predicted octanol–water partition coefficient (Wildman–Crippen LogP) is 0.536. The third kappa shape index (κ3) is 1.83. The van der Waals surface area contributed by atoms with Crippen molar-refractivity contribution in [3.63, 3.8) is 0 Å². The van der Waals surface area contributed by atoms with Crippen molar-refractivity contribution < 1.29 is 4.79 Å². The number of rotatable bonds is 2. The van der Waals surface area contributed by atoms with Crippen molar-refractivity contribution in [2.75, 3.05) is 0 Å². The van der Waals surface area contributed by atoms with Crippen molar-refractivity contribution in [1.29, 1.82) is 0 Å². The second kappa shape index (κ2) is 3.98. The Balaban J connectivity index is 2.66. The molecule has 5 nitrogen and oxygen atoms in total. The quantitative estimate of drug-likeness (QED) is 0.766. The molecule has 3 N–H and O–H groups in total. The highest BCUT2D eigenvalue weighted by molar-refractivity contribution is 5.98. The van der Waals surface area contributed by atoms with Gasteiger partial charge in [0.2, 0.25) is 0 Å². The van der Waals surface area contributed by atoms with Gasteiger partial charge in [-0.15, -0.1) is 0 Å². The average Bonchev–Trinajstić information content (AvgIpc) is 2.30. The lowest BCUT2D eigenvalue weighted by molar-refractivity contribution is 0.100. The maximum absolute atomic E-state index is 11.2. The van der Waals surface area contributed by atoms with Crippen molar-refractivity contribution in [1.82, 2.24) is 10.2 Å². The molecule has 2 aromatic rings. The third-order valence-corrected chi connectivity index (χ3v) is 2.12. The van der Waals surface area contributed by atoms with E-state index in [0.29, 0.717) is 5.69 Å². The van der Waals surface area contributed by atoms with Gasteiger partial charge >= 0.3 is 0 Å². The number of nitrogens with two attached hydrogens (primary N) is 1. The van der Waals surface area contributed by atoms with Crippen molar-refractivity contribution in [3.8, 4) is 11.3 Å². The maximum Gasteiger partial charge on any atom is 0.264 e. The molecule has 1 aromatic carbocycles. The number of aromatic amines is 1. The smallest absolute Gasteiger partial charge is 0.264 e. The molecule has 0 atom stereocenters. The van der Waals surface area contributed by atoms with E-state index in [4.69, 9.17) is 5.73 Å². The summed E-state index contributed by atoms with van der Waals surface area (Å²) in [4.78, 5) is 22.2. The van der Waals surface area contributed by atoms with Crippen molar-refractivity contribution in [2.45, 2.75) is 0 Å². The molecule has 80 valence electrons. The van der Waals surface area contributed by atoms with Crippen LogP contribution in [0, 0.1) is 0 Å². The fourth-order valence-corrected chi connectivity index (χ4v) is 1.41. The summed E-state index contributed by atoms with van der Waals surface area (Å²) in [6, 6.07) is 10.2. The van der Waals surface area contributed by atoms with Crippen LogP contribution in [0.15, 0.2) is 41.2 Å². The summed E-state index contributed by atoms with van der Waals surface area (Å²) in [6.07, 6.45) is 0. The van der Waals surface area contributed by atoms with E-state index in [1.54, 1.807) is 12.1 Å². The minimum Gasteiger partial charge on any atom is -0.366 e. The van der Waals surface area contributed by atoms with Gasteiger partial charge in [0, 0.05) is 11.6 Å². The summed E-state index contributed by atoms with van der Waals surface area (Å²) >= 11 is 0. The number of primary amides is 1. The molecule has 0 radical (unpaired) electrons. The number of benzene rings is 1. The van der Waals surface area contributed by atoms with Crippen LogP contribution >= 0.6 is 0 Å². The predicted molar refractivity (Wildman–Crippen MR) is 58.8 cm³/mol. The van der Waals surface area contributed by atoms with Crippen LogP contribution in [0.2, 0.25) is 0 Å². The molecule has 1 heterocycles. The Kier molecular flexibility index (Phi) is 2.51. The van der Waals surface area contributed by atoms with Crippen LogP contribution in [-0.4, -0.2) is 16.1 Å². The Hall–Kier alpha value is -2.43. The molecule has 16 heavy (non-hydrogen) atoms. The molecule has 0 saturated heterocycles. The zero-order valence-electron chi connectivity index (χ0n) is 8.31. The first-order chi connectivity index (χ1) is 7.68. The van der Waals surface area contributed by atoms with E-state index in [1.807, 2.05) is 18.2 Å². The number of carbonyl (C=O) groups excluding carboxylic acids is 1. The van der Waals surface area contributed by atoms with Gasteiger partial charge < -0.3 is 5.73 Å². The lowest BCUT2D eigenvalue weighted by Crippen LogP contribution is -2.19. The highest BCUT2D eigenvalue weighted by Crippen LogP contribution is 2.18. The topological polar surface area (TPSA) is 88.8 Å². The number of nitrogens with zero attached hydrogens (tertiary/aromatic N) is 1. The van der Waals surface area contributed by atoms with Crippen LogP contribution in [0.1, 0.15) is 10.4 Å². The Bertz CT molecular complexity index is 575. The molecular weight excluding hydrogens is 206 g/mol. The van der Waals surface area contributed by atoms with Gasteiger partial charge in [-0.05, 0) is 0 Å². The third-order valence-electron chi connectivity index (χ3n) is 2.12. The van der Waals surface area contributed by atoms with Gasteiger partial charge in [0.05, 0.1) is 5.56 Å². The summed E-state index contributed by atoms with van der Waals surface area (Å²) < 4.78 is 0. The molecule has 1 aromatic heterocycles. The molecule has 0 aliphatic heterocycles. The number of hydrogen-bond acceptors (Lipinski definition) is 3. The number of H-pyrrole nitrogens is 1. The van der Waals surface area contributed by atoms with Gasteiger partial charge in [-0.3, -0.25) is 9.59 Å². The molecule has 0 unspecified atom stereocenters. The molecule has 0 aliphatic rings. The first kappa shape index (κ1) is 10.1. The van der Waals surface area contributed by atoms with E-state index in [-0.39, 0.29) is 5.56 Å². The summed E-state index contributed by atoms with van der Waals surface area (Å²) in [5.41, 5.74) is 5.97. The highest BCUT2D eigenvalue weighted by atomic mass is 16.1. The molecule has 0 aliphatic carbocycles. The molecule has 1 amide bonds. The summed E-state index contributed by atoms with van der Waals surface area (Å²) in [6.45, 7) is 0. The number of aromatic nitrogens is 2. The van der Waals surface area contributed by atoms with E-state index >= 15 is 0 Å². The lowest BCUT2D eigenvalue weighted by atomic mass is 10.1. The Morgan fingerprint density at radius 2 is 1.94 bits per heavy atom. The molecule has 0 spiro atoms. The summed E-state index contributed by atoms with van der Waals surface area (Å²) in [7, 11) is 0. The molecular formula is C11H9N3O2. The average molecular weight is 215 g/mol. The molecule has 0 saturated carbocycles. The standard InChI is InChI=1S/C11H9N3O2/c12-11(16)8-6-9(15)13-14-10(8)7-4-2-1-3-5-7/h1-6H,(H2,12,16)(H,13,15). The van der Waals surface area contributed by atoms with Gasteiger partial charge in [-0.25, -0.2) is 5.10 Å². The largest absolute Gasteiger partial charge is 0.366 e. The second-order valence-corrected chi connectivity index (χ2v) is 3.22. The van der Waals surface area contributed by atoms with Crippen LogP contribution in [-0.2, 0) is 0 Å². The van der Waals surface area contributed by atoms with Gasteiger partial charge in [0.1, 0.15) is 5.69 Å². The minimum absolute atomic E-state index is 0.120. The molecule has 0 bridgehead atoms. The molecule has 5 heteroatoms. The number of carbonyl (C=O) groups is 1. The van der Waals surface area contributed by atoms with Gasteiger partial charge in [0.15, 0.2) is 0 Å². The van der Waals surface area contributed by atoms with E-state index < -0.39 is 11.5 Å². The van der Waals surface area contributed by atoms with E-state index in [1.165, 1.54) is 0 Å².